The first-order chi connectivity index (χ1) is 18.6. The quantitative estimate of drug-likeness (QED) is 0.261. The molecule has 8 nitrogen and oxygen atoms in total. The van der Waals surface area contributed by atoms with Crippen LogP contribution in [0, 0.1) is 0 Å². The lowest BCUT2D eigenvalue weighted by molar-refractivity contribution is -0.140. The summed E-state index contributed by atoms with van der Waals surface area (Å²) in [6, 6.07) is 17.2. The molecule has 1 N–H and O–H groups in total. The number of aliphatic hydroxyl groups is 1. The van der Waals surface area contributed by atoms with E-state index in [2.05, 4.69) is 20.8 Å². The molecule has 39 heavy (non-hydrogen) atoms. The number of amides is 1. The number of likely N-dealkylation sites (tertiary alicyclic amines) is 1. The van der Waals surface area contributed by atoms with E-state index in [0.29, 0.717) is 34.1 Å². The summed E-state index contributed by atoms with van der Waals surface area (Å²) in [7, 11) is 3.07. The van der Waals surface area contributed by atoms with Crippen LogP contribution in [-0.2, 0) is 21.5 Å². The van der Waals surface area contributed by atoms with E-state index in [1.54, 1.807) is 49.6 Å². The van der Waals surface area contributed by atoms with Crippen molar-refractivity contribution in [2.45, 2.75) is 38.8 Å². The van der Waals surface area contributed by atoms with E-state index >= 15 is 0 Å². The summed E-state index contributed by atoms with van der Waals surface area (Å²) in [5.74, 6) is 0.470. The van der Waals surface area contributed by atoms with Crippen LogP contribution in [0.15, 0.2) is 66.2 Å². The smallest absolute Gasteiger partial charge is 0.295 e. The second kappa shape index (κ2) is 10.0. The molecule has 5 rings (SSSR count). The van der Waals surface area contributed by atoms with Gasteiger partial charge < -0.3 is 29.0 Å². The minimum Gasteiger partial charge on any atom is -0.507 e. The molecule has 2 aliphatic heterocycles. The molecule has 0 bridgehead atoms. The first-order valence-electron chi connectivity index (χ1n) is 12.6. The Morgan fingerprint density at radius 2 is 1.67 bits per heavy atom. The van der Waals surface area contributed by atoms with Crippen molar-refractivity contribution in [3.05, 3.63) is 88.5 Å². The lowest BCUT2D eigenvalue weighted by Crippen LogP contribution is -2.29. The zero-order chi connectivity index (χ0) is 27.9. The average Bonchev–Trinajstić information content (AvgIpc) is 3.50. The molecule has 3 aromatic rings. The molecule has 1 atom stereocenters. The van der Waals surface area contributed by atoms with Crippen LogP contribution in [0.4, 0.5) is 0 Å². The summed E-state index contributed by atoms with van der Waals surface area (Å²) >= 11 is 0. The van der Waals surface area contributed by atoms with Crippen LogP contribution in [0.2, 0.25) is 0 Å². The Bertz CT molecular complexity index is 1470. The molecular formula is C31H31NO7. The minimum atomic E-state index is -0.843. The first kappa shape index (κ1) is 26.2. The fourth-order valence-corrected chi connectivity index (χ4v) is 4.92. The highest BCUT2D eigenvalue weighted by Crippen LogP contribution is 2.43. The van der Waals surface area contributed by atoms with Gasteiger partial charge in [-0.25, -0.2) is 0 Å². The standard InChI is InChI=1S/C31H31NO7/c1-31(2,3)20-9-13-23(37-5)22(15-20)28(33)26-27(19-7-10-21(36-4)11-8-19)32(30(35)29(26)34)16-18-6-12-24-25(14-18)39-17-38-24/h6-15,27,33H,16-17H2,1-5H3/b28-26+. The maximum Gasteiger partial charge on any atom is 0.295 e. The Balaban J connectivity index is 1.66. The molecule has 1 saturated heterocycles. The van der Waals surface area contributed by atoms with Crippen LogP contribution in [0.3, 0.4) is 0 Å². The van der Waals surface area contributed by atoms with Gasteiger partial charge >= 0.3 is 0 Å². The summed E-state index contributed by atoms with van der Waals surface area (Å²) in [6.07, 6.45) is 0. The molecule has 0 aliphatic carbocycles. The number of hydrogen-bond donors (Lipinski definition) is 1. The van der Waals surface area contributed by atoms with Crippen LogP contribution < -0.4 is 18.9 Å². The summed E-state index contributed by atoms with van der Waals surface area (Å²) in [6.45, 7) is 6.42. The number of carbonyl (C=O) groups is 2. The van der Waals surface area contributed by atoms with Gasteiger partial charge in [0, 0.05) is 6.54 Å². The van der Waals surface area contributed by atoms with Crippen LogP contribution in [0.25, 0.3) is 5.76 Å². The second-order valence-electron chi connectivity index (χ2n) is 10.6. The number of carbonyl (C=O) groups excluding carboxylic acids is 2. The topological polar surface area (TPSA) is 94.5 Å². The van der Waals surface area contributed by atoms with Gasteiger partial charge in [-0.15, -0.1) is 0 Å². The van der Waals surface area contributed by atoms with Gasteiger partial charge in [-0.1, -0.05) is 45.0 Å². The number of benzene rings is 3. The highest BCUT2D eigenvalue weighted by atomic mass is 16.7. The van der Waals surface area contributed by atoms with Gasteiger partial charge in [-0.2, -0.15) is 0 Å². The third-order valence-corrected chi connectivity index (χ3v) is 7.08. The predicted molar refractivity (Wildman–Crippen MR) is 145 cm³/mol. The van der Waals surface area contributed by atoms with Crippen molar-refractivity contribution in [2.24, 2.45) is 0 Å². The number of rotatable bonds is 6. The summed E-state index contributed by atoms with van der Waals surface area (Å²) < 4.78 is 21.8. The van der Waals surface area contributed by atoms with Gasteiger partial charge in [0.2, 0.25) is 6.79 Å². The summed E-state index contributed by atoms with van der Waals surface area (Å²) in [5.41, 5.74) is 2.48. The van der Waals surface area contributed by atoms with E-state index < -0.39 is 17.7 Å². The van der Waals surface area contributed by atoms with Gasteiger partial charge in [-0.3, -0.25) is 9.59 Å². The summed E-state index contributed by atoms with van der Waals surface area (Å²) in [4.78, 5) is 28.5. The van der Waals surface area contributed by atoms with E-state index in [0.717, 1.165) is 11.1 Å². The SMILES string of the molecule is COc1ccc(C2/C(=C(\O)c3cc(C(C)(C)C)ccc3OC)C(=O)C(=O)N2Cc2ccc3c(c2)OCO3)cc1. The van der Waals surface area contributed by atoms with Gasteiger partial charge in [-0.05, 0) is 58.5 Å². The molecule has 202 valence electrons. The maximum atomic E-state index is 13.6. The van der Waals surface area contributed by atoms with Crippen LogP contribution >= 0.6 is 0 Å². The second-order valence-corrected chi connectivity index (χ2v) is 10.6. The molecule has 2 heterocycles. The fourth-order valence-electron chi connectivity index (χ4n) is 4.92. The van der Waals surface area contributed by atoms with E-state index in [9.17, 15) is 14.7 Å². The van der Waals surface area contributed by atoms with Crippen molar-refractivity contribution in [3.8, 4) is 23.0 Å². The van der Waals surface area contributed by atoms with Crippen LogP contribution in [0.5, 0.6) is 23.0 Å². The molecule has 1 unspecified atom stereocenters. The minimum absolute atomic E-state index is 0.00438. The van der Waals surface area contributed by atoms with Gasteiger partial charge in [0.25, 0.3) is 11.7 Å². The molecule has 3 aromatic carbocycles. The molecule has 1 fully saturated rings. The number of ether oxygens (including phenoxy) is 4. The Kier molecular flexibility index (Phi) is 6.72. The number of Topliss-reactive ketones (excluding diaryl/α,β-unsaturated/α-hetero) is 1. The molecule has 0 radical (unpaired) electrons. The first-order valence-corrected chi connectivity index (χ1v) is 12.6. The zero-order valence-corrected chi connectivity index (χ0v) is 22.6. The molecule has 2 aliphatic rings. The predicted octanol–water partition coefficient (Wildman–Crippen LogP) is 5.35. The Hall–Kier alpha value is -4.46. The monoisotopic (exact) mass is 529 g/mol. The number of ketones is 1. The average molecular weight is 530 g/mol. The molecule has 0 saturated carbocycles. The number of nitrogens with zero attached hydrogens (tertiary/aromatic N) is 1. The lowest BCUT2D eigenvalue weighted by atomic mass is 9.85. The lowest BCUT2D eigenvalue weighted by Gasteiger charge is -2.26. The maximum absolute atomic E-state index is 13.6. The van der Waals surface area contributed by atoms with E-state index in [1.165, 1.54) is 12.0 Å². The molecule has 8 heteroatoms. The van der Waals surface area contributed by atoms with Gasteiger partial charge in [0.05, 0.1) is 31.4 Å². The largest absolute Gasteiger partial charge is 0.507 e. The Morgan fingerprint density at radius 3 is 2.33 bits per heavy atom. The van der Waals surface area contributed by atoms with Crippen LogP contribution in [0.1, 0.15) is 49.1 Å². The number of methoxy groups -OCH3 is 2. The highest BCUT2D eigenvalue weighted by molar-refractivity contribution is 6.46. The summed E-state index contributed by atoms with van der Waals surface area (Å²) in [5, 5.41) is 11.7. The number of hydrogen-bond acceptors (Lipinski definition) is 7. The Labute approximate surface area is 227 Å². The highest BCUT2D eigenvalue weighted by Gasteiger charge is 2.46. The fraction of sp³-hybridized carbons (Fsp3) is 0.290. The van der Waals surface area contributed by atoms with Crippen LogP contribution in [-0.4, -0.2) is 42.7 Å². The molecule has 0 spiro atoms. The number of fused-ring (bicyclic) bond motifs is 1. The van der Waals surface area contributed by atoms with Crippen molar-refractivity contribution in [2.75, 3.05) is 21.0 Å². The van der Waals surface area contributed by atoms with E-state index in [4.69, 9.17) is 18.9 Å². The van der Waals surface area contributed by atoms with Gasteiger partial charge in [0.15, 0.2) is 11.5 Å². The van der Waals surface area contributed by atoms with E-state index in [1.807, 2.05) is 18.2 Å². The number of aliphatic hydroxyl groups excluding tert-OH is 1. The van der Waals surface area contributed by atoms with Crippen molar-refractivity contribution >= 4 is 17.4 Å². The third kappa shape index (κ3) is 4.78. The normalized spacial score (nSPS) is 18.0. The molecule has 1 amide bonds. The Morgan fingerprint density at radius 1 is 0.949 bits per heavy atom. The van der Waals surface area contributed by atoms with E-state index in [-0.39, 0.29) is 30.1 Å². The third-order valence-electron chi connectivity index (χ3n) is 7.08. The van der Waals surface area contributed by atoms with Crippen molar-refractivity contribution in [1.82, 2.24) is 4.90 Å². The molecular weight excluding hydrogens is 498 g/mol. The zero-order valence-electron chi connectivity index (χ0n) is 22.6. The van der Waals surface area contributed by atoms with Crippen molar-refractivity contribution in [3.63, 3.8) is 0 Å². The van der Waals surface area contributed by atoms with Gasteiger partial charge in [0.1, 0.15) is 17.3 Å². The van der Waals surface area contributed by atoms with Crippen molar-refractivity contribution < 1.29 is 33.6 Å². The van der Waals surface area contributed by atoms with Crippen molar-refractivity contribution in [1.29, 1.82) is 0 Å². The molecule has 0 aromatic heterocycles.